The van der Waals surface area contributed by atoms with Crippen LogP contribution in [0.3, 0.4) is 0 Å². The standard InChI is InChI=1S/C19H28N2O3/c1-13(2)11-17(23)20-18(15-7-5-4-6-8-15)19(24)21-10-9-16(12-21)14(3)22/h4-8,13-14,16,18,22H,9-12H2,1-3H3,(H,20,23). The van der Waals surface area contributed by atoms with Crippen LogP contribution in [0.15, 0.2) is 30.3 Å². The molecule has 1 aliphatic heterocycles. The third kappa shape index (κ3) is 4.81. The summed E-state index contributed by atoms with van der Waals surface area (Å²) in [6.45, 7) is 6.88. The molecule has 5 nitrogen and oxygen atoms in total. The molecule has 2 N–H and O–H groups in total. The number of carbonyl (C=O) groups excluding carboxylic acids is 2. The molecule has 1 fully saturated rings. The van der Waals surface area contributed by atoms with E-state index < -0.39 is 12.1 Å². The zero-order chi connectivity index (χ0) is 17.7. The molecule has 5 heteroatoms. The summed E-state index contributed by atoms with van der Waals surface area (Å²) in [4.78, 5) is 26.9. The highest BCUT2D eigenvalue weighted by Crippen LogP contribution is 2.24. The minimum Gasteiger partial charge on any atom is -0.393 e. The second-order valence-electron chi connectivity index (χ2n) is 7.08. The topological polar surface area (TPSA) is 69.6 Å². The van der Waals surface area contributed by atoms with E-state index in [1.807, 2.05) is 44.2 Å². The van der Waals surface area contributed by atoms with Crippen LogP contribution in [0.25, 0.3) is 0 Å². The Morgan fingerprint density at radius 3 is 2.46 bits per heavy atom. The maximum atomic E-state index is 13.0. The lowest BCUT2D eigenvalue weighted by Gasteiger charge is -2.25. The Bertz CT molecular complexity index is 557. The smallest absolute Gasteiger partial charge is 0.249 e. The van der Waals surface area contributed by atoms with Gasteiger partial charge in [0, 0.05) is 25.4 Å². The van der Waals surface area contributed by atoms with Gasteiger partial charge in [0.25, 0.3) is 0 Å². The summed E-state index contributed by atoms with van der Waals surface area (Å²) in [6.07, 6.45) is 0.770. The molecule has 1 aromatic rings. The van der Waals surface area contributed by atoms with Gasteiger partial charge < -0.3 is 15.3 Å². The molecule has 0 aromatic heterocycles. The normalized spacial score (nSPS) is 20.0. The molecule has 0 bridgehead atoms. The molecular weight excluding hydrogens is 304 g/mol. The summed E-state index contributed by atoms with van der Waals surface area (Å²) in [5.74, 6) is 0.139. The van der Waals surface area contributed by atoms with Gasteiger partial charge in [-0.2, -0.15) is 0 Å². The highest BCUT2D eigenvalue weighted by molar-refractivity contribution is 5.89. The van der Waals surface area contributed by atoms with Gasteiger partial charge in [-0.25, -0.2) is 0 Å². The molecule has 0 aliphatic carbocycles. The van der Waals surface area contributed by atoms with E-state index in [2.05, 4.69) is 5.32 Å². The van der Waals surface area contributed by atoms with E-state index in [0.29, 0.717) is 19.5 Å². The quantitative estimate of drug-likeness (QED) is 0.838. The van der Waals surface area contributed by atoms with Crippen LogP contribution in [0, 0.1) is 11.8 Å². The zero-order valence-corrected chi connectivity index (χ0v) is 14.7. The van der Waals surface area contributed by atoms with Gasteiger partial charge in [0.2, 0.25) is 11.8 Å². The number of nitrogens with zero attached hydrogens (tertiary/aromatic N) is 1. The van der Waals surface area contributed by atoms with Crippen LogP contribution in [0.5, 0.6) is 0 Å². The molecule has 0 saturated carbocycles. The summed E-state index contributed by atoms with van der Waals surface area (Å²) < 4.78 is 0. The van der Waals surface area contributed by atoms with E-state index in [4.69, 9.17) is 0 Å². The first-order valence-corrected chi connectivity index (χ1v) is 8.69. The van der Waals surface area contributed by atoms with Gasteiger partial charge in [-0.1, -0.05) is 44.2 Å². The Morgan fingerprint density at radius 1 is 1.25 bits per heavy atom. The van der Waals surface area contributed by atoms with E-state index in [1.54, 1.807) is 11.8 Å². The van der Waals surface area contributed by atoms with Gasteiger partial charge in [-0.15, -0.1) is 0 Å². The van der Waals surface area contributed by atoms with E-state index >= 15 is 0 Å². The van der Waals surface area contributed by atoms with Crippen LogP contribution in [0.2, 0.25) is 0 Å². The summed E-state index contributed by atoms with van der Waals surface area (Å²) in [7, 11) is 0. The highest BCUT2D eigenvalue weighted by atomic mass is 16.3. The first kappa shape index (κ1) is 18.5. The lowest BCUT2D eigenvalue weighted by molar-refractivity contribution is -0.136. The molecule has 1 saturated heterocycles. The monoisotopic (exact) mass is 332 g/mol. The molecule has 1 aromatic carbocycles. The zero-order valence-electron chi connectivity index (χ0n) is 14.7. The van der Waals surface area contributed by atoms with Gasteiger partial charge in [0.05, 0.1) is 6.10 Å². The van der Waals surface area contributed by atoms with E-state index in [9.17, 15) is 14.7 Å². The molecule has 3 atom stereocenters. The lowest BCUT2D eigenvalue weighted by Crippen LogP contribution is -2.42. The van der Waals surface area contributed by atoms with Crippen LogP contribution in [-0.2, 0) is 9.59 Å². The summed E-state index contributed by atoms with van der Waals surface area (Å²) in [6, 6.07) is 8.69. The molecule has 2 rings (SSSR count). The Balaban J connectivity index is 2.13. The fourth-order valence-electron chi connectivity index (χ4n) is 3.09. The minimum absolute atomic E-state index is 0.0959. The van der Waals surface area contributed by atoms with Crippen molar-refractivity contribution in [1.29, 1.82) is 0 Å². The second-order valence-corrected chi connectivity index (χ2v) is 7.08. The SMILES string of the molecule is CC(C)CC(=O)NC(C(=O)N1CCC(C(C)O)C1)c1ccccc1. The van der Waals surface area contributed by atoms with Crippen LogP contribution >= 0.6 is 0 Å². The van der Waals surface area contributed by atoms with Crippen molar-refractivity contribution in [3.63, 3.8) is 0 Å². The number of hydrogen-bond acceptors (Lipinski definition) is 3. The van der Waals surface area contributed by atoms with E-state index in [1.165, 1.54) is 0 Å². The van der Waals surface area contributed by atoms with Crippen LogP contribution in [-0.4, -0.2) is 41.0 Å². The van der Waals surface area contributed by atoms with Crippen molar-refractivity contribution in [3.05, 3.63) is 35.9 Å². The fourth-order valence-corrected chi connectivity index (χ4v) is 3.09. The number of rotatable bonds is 6. The van der Waals surface area contributed by atoms with E-state index in [-0.39, 0.29) is 23.7 Å². The third-order valence-electron chi connectivity index (χ3n) is 4.50. The molecule has 3 unspecified atom stereocenters. The van der Waals surface area contributed by atoms with Crippen LogP contribution in [0.4, 0.5) is 0 Å². The predicted octanol–water partition coefficient (Wildman–Crippen LogP) is 2.12. The van der Waals surface area contributed by atoms with Crippen LogP contribution in [0.1, 0.15) is 45.2 Å². The molecule has 2 amide bonds. The fraction of sp³-hybridized carbons (Fsp3) is 0.579. The molecule has 132 valence electrons. The van der Waals surface area contributed by atoms with Gasteiger partial charge in [-0.05, 0) is 24.8 Å². The molecule has 0 spiro atoms. The van der Waals surface area contributed by atoms with Crippen molar-refractivity contribution >= 4 is 11.8 Å². The summed E-state index contributed by atoms with van der Waals surface area (Å²) in [5, 5.41) is 12.6. The summed E-state index contributed by atoms with van der Waals surface area (Å²) >= 11 is 0. The lowest BCUT2D eigenvalue weighted by atomic mass is 10.0. The minimum atomic E-state index is -0.662. The Morgan fingerprint density at radius 2 is 1.92 bits per heavy atom. The average molecular weight is 332 g/mol. The number of amides is 2. The van der Waals surface area contributed by atoms with E-state index in [0.717, 1.165) is 12.0 Å². The van der Waals surface area contributed by atoms with Gasteiger partial charge >= 0.3 is 0 Å². The highest BCUT2D eigenvalue weighted by Gasteiger charge is 2.34. The number of nitrogens with one attached hydrogen (secondary N) is 1. The number of carbonyl (C=O) groups is 2. The van der Waals surface area contributed by atoms with Crippen molar-refractivity contribution < 1.29 is 14.7 Å². The van der Waals surface area contributed by atoms with Crippen molar-refractivity contribution in [1.82, 2.24) is 10.2 Å². The first-order chi connectivity index (χ1) is 11.4. The summed E-state index contributed by atoms with van der Waals surface area (Å²) in [5.41, 5.74) is 0.792. The van der Waals surface area contributed by atoms with Crippen molar-refractivity contribution in [2.75, 3.05) is 13.1 Å². The van der Waals surface area contributed by atoms with Crippen molar-refractivity contribution in [3.8, 4) is 0 Å². The van der Waals surface area contributed by atoms with Gasteiger partial charge in [0.1, 0.15) is 6.04 Å². The molecule has 1 heterocycles. The number of benzene rings is 1. The van der Waals surface area contributed by atoms with Crippen molar-refractivity contribution in [2.24, 2.45) is 11.8 Å². The third-order valence-corrected chi connectivity index (χ3v) is 4.50. The predicted molar refractivity (Wildman–Crippen MR) is 93.1 cm³/mol. The maximum absolute atomic E-state index is 13.0. The van der Waals surface area contributed by atoms with Gasteiger partial charge in [0.15, 0.2) is 0 Å². The Kier molecular flexibility index (Phi) is 6.37. The number of likely N-dealkylation sites (tertiary alicyclic amines) is 1. The number of aliphatic hydroxyl groups is 1. The molecule has 1 aliphatic rings. The van der Waals surface area contributed by atoms with Crippen molar-refractivity contribution in [2.45, 2.75) is 45.8 Å². The number of aliphatic hydroxyl groups excluding tert-OH is 1. The number of hydrogen-bond donors (Lipinski definition) is 2. The first-order valence-electron chi connectivity index (χ1n) is 8.69. The largest absolute Gasteiger partial charge is 0.393 e. The Labute approximate surface area is 144 Å². The van der Waals surface area contributed by atoms with Gasteiger partial charge in [-0.3, -0.25) is 9.59 Å². The molecule has 0 radical (unpaired) electrons. The molecule has 24 heavy (non-hydrogen) atoms. The second kappa shape index (κ2) is 8.29. The average Bonchev–Trinajstić information content (AvgIpc) is 3.02. The molecular formula is C19H28N2O3. The Hall–Kier alpha value is -1.88. The van der Waals surface area contributed by atoms with Crippen LogP contribution < -0.4 is 5.32 Å². The maximum Gasteiger partial charge on any atom is 0.249 e.